The molecule has 1 fully saturated rings. The number of thioether (sulfide) groups is 1. The van der Waals surface area contributed by atoms with Gasteiger partial charge in [-0.05, 0) is 30.8 Å². The van der Waals surface area contributed by atoms with Crippen LogP contribution in [0, 0.1) is 0 Å². The number of imide groups is 1. The van der Waals surface area contributed by atoms with Crippen LogP contribution in [0.1, 0.15) is 6.92 Å². The Morgan fingerprint density at radius 3 is 2.40 bits per heavy atom. The second-order valence-corrected chi connectivity index (χ2v) is 3.99. The molecule has 1 aromatic rings. The number of amides is 2. The van der Waals surface area contributed by atoms with E-state index in [1.54, 1.807) is 37.3 Å². The molecule has 3 nitrogen and oxygen atoms in total. The average molecular weight is 219 g/mol. The number of carbonyl (C=O) groups excluding carboxylic acids is 2. The minimum Gasteiger partial charge on any atom is -0.268 e. The predicted molar refractivity (Wildman–Crippen MR) is 60.7 cm³/mol. The van der Waals surface area contributed by atoms with Crippen LogP contribution in [-0.2, 0) is 4.79 Å². The summed E-state index contributed by atoms with van der Waals surface area (Å²) in [6.07, 6.45) is 1.66. The summed E-state index contributed by atoms with van der Waals surface area (Å²) >= 11 is 0.975. The Morgan fingerprint density at radius 1 is 1.20 bits per heavy atom. The number of allylic oxidation sites excluding steroid dienone is 1. The number of para-hydroxylation sites is 1. The first kappa shape index (κ1) is 9.98. The van der Waals surface area contributed by atoms with E-state index in [4.69, 9.17) is 0 Å². The quantitative estimate of drug-likeness (QED) is 0.681. The maximum atomic E-state index is 11.8. The van der Waals surface area contributed by atoms with E-state index in [1.807, 2.05) is 6.07 Å². The van der Waals surface area contributed by atoms with Crippen molar-refractivity contribution in [1.29, 1.82) is 0 Å². The Balaban J connectivity index is 2.40. The third-order valence-corrected chi connectivity index (χ3v) is 3.06. The highest BCUT2D eigenvalue weighted by molar-refractivity contribution is 8.18. The van der Waals surface area contributed by atoms with Crippen LogP contribution in [0.2, 0.25) is 0 Å². The molecule has 1 heterocycles. The second kappa shape index (κ2) is 3.90. The Labute approximate surface area is 91.8 Å². The summed E-state index contributed by atoms with van der Waals surface area (Å²) in [6, 6.07) is 8.94. The maximum absolute atomic E-state index is 11.8. The highest BCUT2D eigenvalue weighted by Gasteiger charge is 2.35. The predicted octanol–water partition coefficient (Wildman–Crippen LogP) is 2.79. The summed E-state index contributed by atoms with van der Waals surface area (Å²) in [5.74, 6) is -0.237. The Kier molecular flexibility index (Phi) is 2.60. The summed E-state index contributed by atoms with van der Waals surface area (Å²) in [6.45, 7) is 1.75. The minimum atomic E-state index is -0.237. The fourth-order valence-corrected chi connectivity index (χ4v) is 2.12. The van der Waals surface area contributed by atoms with Gasteiger partial charge < -0.3 is 0 Å². The van der Waals surface area contributed by atoms with Gasteiger partial charge in [0.2, 0.25) is 0 Å². The maximum Gasteiger partial charge on any atom is 0.298 e. The lowest BCUT2D eigenvalue weighted by atomic mass is 10.3. The van der Waals surface area contributed by atoms with Crippen LogP contribution in [0.5, 0.6) is 0 Å². The molecule has 1 saturated heterocycles. The number of anilines is 1. The summed E-state index contributed by atoms with van der Waals surface area (Å²) in [5.41, 5.74) is 0.622. The molecule has 0 radical (unpaired) electrons. The van der Waals surface area contributed by atoms with Gasteiger partial charge in [-0.3, -0.25) is 9.59 Å². The van der Waals surface area contributed by atoms with Crippen molar-refractivity contribution >= 4 is 28.6 Å². The van der Waals surface area contributed by atoms with Gasteiger partial charge in [0, 0.05) is 0 Å². The number of nitrogens with zero attached hydrogens (tertiary/aromatic N) is 1. The van der Waals surface area contributed by atoms with E-state index >= 15 is 0 Å². The fourth-order valence-electron chi connectivity index (χ4n) is 1.36. The average Bonchev–Trinajstić information content (AvgIpc) is 2.55. The number of carbonyl (C=O) groups is 2. The zero-order valence-electron chi connectivity index (χ0n) is 8.14. The van der Waals surface area contributed by atoms with Gasteiger partial charge in [0.05, 0.1) is 10.6 Å². The van der Waals surface area contributed by atoms with E-state index in [0.29, 0.717) is 10.6 Å². The zero-order valence-corrected chi connectivity index (χ0v) is 8.95. The standard InChI is InChI=1S/C11H9NO2S/c1-2-9-10(13)12(11(14)15-9)8-6-4-3-5-7-8/h2-7H,1H3/b9-2+. The lowest BCUT2D eigenvalue weighted by molar-refractivity contribution is -0.113. The van der Waals surface area contributed by atoms with Crippen molar-refractivity contribution in [2.75, 3.05) is 4.90 Å². The topological polar surface area (TPSA) is 37.4 Å². The van der Waals surface area contributed by atoms with Gasteiger partial charge in [-0.15, -0.1) is 0 Å². The molecule has 1 aromatic carbocycles. The molecule has 15 heavy (non-hydrogen) atoms. The molecule has 0 unspecified atom stereocenters. The van der Waals surface area contributed by atoms with Crippen molar-refractivity contribution in [2.45, 2.75) is 6.92 Å². The van der Waals surface area contributed by atoms with Crippen molar-refractivity contribution in [3.05, 3.63) is 41.3 Å². The molecular formula is C11H9NO2S. The third-order valence-electron chi connectivity index (χ3n) is 2.07. The van der Waals surface area contributed by atoms with Crippen molar-refractivity contribution < 1.29 is 9.59 Å². The summed E-state index contributed by atoms with van der Waals surface area (Å²) in [4.78, 5) is 25.0. The smallest absolute Gasteiger partial charge is 0.268 e. The molecule has 0 N–H and O–H groups in total. The third kappa shape index (κ3) is 1.68. The number of benzene rings is 1. The summed E-state index contributed by atoms with van der Waals surface area (Å²) in [5, 5.41) is -0.237. The Bertz CT molecular complexity index is 439. The van der Waals surface area contributed by atoms with Crippen LogP contribution in [-0.4, -0.2) is 11.1 Å². The molecule has 0 aromatic heterocycles. The Morgan fingerprint density at radius 2 is 1.87 bits per heavy atom. The number of hydrogen-bond donors (Lipinski definition) is 0. The van der Waals surface area contributed by atoms with Crippen LogP contribution in [0.4, 0.5) is 10.5 Å². The monoisotopic (exact) mass is 219 g/mol. The van der Waals surface area contributed by atoms with Gasteiger partial charge in [-0.2, -0.15) is 0 Å². The van der Waals surface area contributed by atoms with Gasteiger partial charge >= 0.3 is 0 Å². The van der Waals surface area contributed by atoms with E-state index in [9.17, 15) is 9.59 Å². The molecule has 0 bridgehead atoms. The van der Waals surface area contributed by atoms with Gasteiger partial charge in [0.15, 0.2) is 0 Å². The van der Waals surface area contributed by atoms with Crippen LogP contribution in [0.15, 0.2) is 41.3 Å². The van der Waals surface area contributed by atoms with Crippen LogP contribution in [0.3, 0.4) is 0 Å². The van der Waals surface area contributed by atoms with Gasteiger partial charge in [-0.1, -0.05) is 24.3 Å². The van der Waals surface area contributed by atoms with Crippen molar-refractivity contribution in [3.8, 4) is 0 Å². The van der Waals surface area contributed by atoms with Crippen molar-refractivity contribution in [2.24, 2.45) is 0 Å². The molecular weight excluding hydrogens is 210 g/mol. The number of hydrogen-bond acceptors (Lipinski definition) is 3. The van der Waals surface area contributed by atoms with Crippen molar-refractivity contribution in [3.63, 3.8) is 0 Å². The van der Waals surface area contributed by atoms with E-state index in [1.165, 1.54) is 4.90 Å². The van der Waals surface area contributed by atoms with Crippen LogP contribution < -0.4 is 4.90 Å². The molecule has 0 aliphatic carbocycles. The molecule has 76 valence electrons. The lowest BCUT2D eigenvalue weighted by Gasteiger charge is -2.11. The van der Waals surface area contributed by atoms with Gasteiger partial charge in [0.25, 0.3) is 11.1 Å². The molecule has 1 aliphatic heterocycles. The summed E-state index contributed by atoms with van der Waals surface area (Å²) in [7, 11) is 0. The first-order chi connectivity index (χ1) is 7.24. The summed E-state index contributed by atoms with van der Waals surface area (Å²) < 4.78 is 0. The minimum absolute atomic E-state index is 0.237. The molecule has 0 spiro atoms. The van der Waals surface area contributed by atoms with Gasteiger partial charge in [0.1, 0.15) is 0 Å². The number of rotatable bonds is 1. The SMILES string of the molecule is C/C=C1/SC(=O)N(c2ccccc2)C1=O. The van der Waals surface area contributed by atoms with E-state index < -0.39 is 0 Å². The molecule has 4 heteroatoms. The lowest BCUT2D eigenvalue weighted by Crippen LogP contribution is -2.27. The van der Waals surface area contributed by atoms with Crippen molar-refractivity contribution in [1.82, 2.24) is 0 Å². The van der Waals surface area contributed by atoms with E-state index in [0.717, 1.165) is 11.8 Å². The van der Waals surface area contributed by atoms with Crippen LogP contribution >= 0.6 is 11.8 Å². The largest absolute Gasteiger partial charge is 0.298 e. The van der Waals surface area contributed by atoms with E-state index in [2.05, 4.69) is 0 Å². The zero-order chi connectivity index (χ0) is 10.8. The highest BCUT2D eigenvalue weighted by Crippen LogP contribution is 2.33. The molecule has 2 amide bonds. The normalized spacial score (nSPS) is 19.0. The second-order valence-electron chi connectivity index (χ2n) is 3.00. The molecule has 2 rings (SSSR count). The fraction of sp³-hybridized carbons (Fsp3) is 0.0909. The molecule has 0 atom stereocenters. The van der Waals surface area contributed by atoms with E-state index in [-0.39, 0.29) is 11.1 Å². The Hall–Kier alpha value is -1.55. The molecule has 0 saturated carbocycles. The van der Waals surface area contributed by atoms with Crippen LogP contribution in [0.25, 0.3) is 0 Å². The first-order valence-electron chi connectivity index (χ1n) is 4.51. The van der Waals surface area contributed by atoms with Gasteiger partial charge in [-0.25, -0.2) is 4.90 Å². The first-order valence-corrected chi connectivity index (χ1v) is 5.33. The molecule has 1 aliphatic rings. The highest BCUT2D eigenvalue weighted by atomic mass is 32.2.